The normalized spacial score (nSPS) is 11.2. The molecule has 0 atom stereocenters. The third kappa shape index (κ3) is 7.18. The highest BCUT2D eigenvalue weighted by Gasteiger charge is 2.21. The molecule has 1 N–H and O–H groups in total. The van der Waals surface area contributed by atoms with Gasteiger partial charge in [0, 0.05) is 24.7 Å². The van der Waals surface area contributed by atoms with Crippen LogP contribution in [0.5, 0.6) is 5.75 Å². The molecule has 0 saturated heterocycles. The number of aromatic nitrogens is 1. The lowest BCUT2D eigenvalue weighted by Crippen LogP contribution is -2.31. The molecule has 0 aliphatic carbocycles. The number of benzene rings is 2. The molecule has 7 nitrogen and oxygen atoms in total. The Hall–Kier alpha value is -3.61. The Balaban J connectivity index is 1.65. The minimum absolute atomic E-state index is 0.0215. The summed E-state index contributed by atoms with van der Waals surface area (Å²) < 4.78 is 10.6. The second kappa shape index (κ2) is 11.7. The van der Waals surface area contributed by atoms with Crippen molar-refractivity contribution >= 4 is 11.8 Å². The summed E-state index contributed by atoms with van der Waals surface area (Å²) in [6, 6.07) is 16.8. The van der Waals surface area contributed by atoms with Crippen molar-refractivity contribution in [1.29, 1.82) is 0 Å². The van der Waals surface area contributed by atoms with E-state index in [0.717, 1.165) is 24.2 Å². The summed E-state index contributed by atoms with van der Waals surface area (Å²) in [4.78, 5) is 27.5. The van der Waals surface area contributed by atoms with Crippen LogP contribution in [-0.4, -0.2) is 35.5 Å². The lowest BCUT2D eigenvalue weighted by atomic mass is 9.86. The number of nitrogens with zero attached hydrogens (tertiary/aromatic N) is 2. The summed E-state index contributed by atoms with van der Waals surface area (Å²) >= 11 is 0. The summed E-state index contributed by atoms with van der Waals surface area (Å²) in [5.41, 5.74) is 2.96. The van der Waals surface area contributed by atoms with E-state index >= 15 is 0 Å². The zero-order chi connectivity index (χ0) is 25.4. The predicted octanol–water partition coefficient (Wildman–Crippen LogP) is 5.35. The molecule has 0 unspecified atom stereocenters. The molecule has 186 valence electrons. The van der Waals surface area contributed by atoms with Gasteiger partial charge in [-0.1, -0.05) is 63.5 Å². The molecule has 0 fully saturated rings. The second-order valence-corrected chi connectivity index (χ2v) is 9.62. The number of carbonyl (C=O) groups excluding carboxylic acids is 2. The molecule has 0 aliphatic heterocycles. The van der Waals surface area contributed by atoms with E-state index in [2.05, 4.69) is 38.2 Å². The fourth-order valence-electron chi connectivity index (χ4n) is 3.60. The highest BCUT2D eigenvalue weighted by Crippen LogP contribution is 2.23. The number of hydrogen-bond acceptors (Lipinski definition) is 5. The number of unbranched alkanes of at least 4 members (excludes halogenated alkanes) is 1. The Morgan fingerprint density at radius 2 is 1.74 bits per heavy atom. The molecule has 7 heteroatoms. The first-order chi connectivity index (χ1) is 16.7. The van der Waals surface area contributed by atoms with E-state index in [0.29, 0.717) is 24.4 Å². The first kappa shape index (κ1) is 26.0. The highest BCUT2D eigenvalue weighted by molar-refractivity contribution is 5.94. The SMILES string of the molecule is CCCCN(Cc1cc(C(=O)NCc2ccc(OC)cc2)no1)C(=O)c1ccc(C(C)(C)C)cc1. The molecule has 2 aromatic carbocycles. The lowest BCUT2D eigenvalue weighted by Gasteiger charge is -2.23. The second-order valence-electron chi connectivity index (χ2n) is 9.62. The number of ether oxygens (including phenoxy) is 1. The van der Waals surface area contributed by atoms with Gasteiger partial charge in [-0.05, 0) is 47.2 Å². The largest absolute Gasteiger partial charge is 0.497 e. The van der Waals surface area contributed by atoms with Gasteiger partial charge in [0.1, 0.15) is 5.75 Å². The van der Waals surface area contributed by atoms with Crippen LogP contribution in [0.1, 0.15) is 78.3 Å². The van der Waals surface area contributed by atoms with Gasteiger partial charge in [0.05, 0.1) is 13.7 Å². The van der Waals surface area contributed by atoms with Gasteiger partial charge in [-0.3, -0.25) is 9.59 Å². The maximum Gasteiger partial charge on any atom is 0.273 e. The van der Waals surface area contributed by atoms with Crippen LogP contribution < -0.4 is 10.1 Å². The van der Waals surface area contributed by atoms with Crippen LogP contribution in [0.15, 0.2) is 59.1 Å². The number of nitrogens with one attached hydrogen (secondary N) is 1. The number of rotatable bonds is 10. The monoisotopic (exact) mass is 477 g/mol. The Morgan fingerprint density at radius 1 is 1.06 bits per heavy atom. The van der Waals surface area contributed by atoms with Crippen molar-refractivity contribution in [3.05, 3.63) is 82.7 Å². The average molecular weight is 478 g/mol. The topological polar surface area (TPSA) is 84.7 Å². The van der Waals surface area contributed by atoms with Crippen molar-refractivity contribution in [2.75, 3.05) is 13.7 Å². The average Bonchev–Trinajstić information content (AvgIpc) is 3.33. The fourth-order valence-corrected chi connectivity index (χ4v) is 3.60. The first-order valence-electron chi connectivity index (χ1n) is 12.0. The van der Waals surface area contributed by atoms with Gasteiger partial charge in [-0.2, -0.15) is 0 Å². The van der Waals surface area contributed by atoms with E-state index in [1.54, 1.807) is 18.1 Å². The minimum atomic E-state index is -0.333. The molecule has 3 rings (SSSR count). The smallest absolute Gasteiger partial charge is 0.273 e. The van der Waals surface area contributed by atoms with Gasteiger partial charge in [0.25, 0.3) is 11.8 Å². The third-order valence-electron chi connectivity index (χ3n) is 5.82. The van der Waals surface area contributed by atoms with E-state index < -0.39 is 0 Å². The molecule has 1 aromatic heterocycles. The van der Waals surface area contributed by atoms with Crippen LogP contribution in [0.25, 0.3) is 0 Å². The van der Waals surface area contributed by atoms with Crippen molar-refractivity contribution in [3.8, 4) is 5.75 Å². The van der Waals surface area contributed by atoms with E-state index in [1.807, 2.05) is 48.5 Å². The van der Waals surface area contributed by atoms with E-state index in [4.69, 9.17) is 9.26 Å². The van der Waals surface area contributed by atoms with Crippen LogP contribution in [0.2, 0.25) is 0 Å². The maximum absolute atomic E-state index is 13.2. The quantitative estimate of drug-likeness (QED) is 0.425. The van der Waals surface area contributed by atoms with Crippen molar-refractivity contribution < 1.29 is 18.8 Å². The van der Waals surface area contributed by atoms with Gasteiger partial charge in [0.15, 0.2) is 11.5 Å². The Bertz CT molecular complexity index is 1110. The lowest BCUT2D eigenvalue weighted by molar-refractivity contribution is 0.0724. The van der Waals surface area contributed by atoms with Gasteiger partial charge in [-0.15, -0.1) is 0 Å². The maximum atomic E-state index is 13.2. The number of methoxy groups -OCH3 is 1. The molecule has 0 spiro atoms. The van der Waals surface area contributed by atoms with Crippen LogP contribution in [0, 0.1) is 0 Å². The van der Waals surface area contributed by atoms with E-state index in [-0.39, 0.29) is 29.5 Å². The summed E-state index contributed by atoms with van der Waals surface area (Å²) in [5, 5.41) is 6.75. The number of hydrogen-bond donors (Lipinski definition) is 1. The van der Waals surface area contributed by atoms with Crippen molar-refractivity contribution in [3.63, 3.8) is 0 Å². The molecular weight excluding hydrogens is 442 g/mol. The van der Waals surface area contributed by atoms with Gasteiger partial charge < -0.3 is 19.5 Å². The Labute approximate surface area is 207 Å². The molecule has 35 heavy (non-hydrogen) atoms. The molecule has 0 radical (unpaired) electrons. The van der Waals surface area contributed by atoms with E-state index in [1.165, 1.54) is 5.56 Å². The molecule has 0 aliphatic rings. The number of amides is 2. The molecule has 0 bridgehead atoms. The van der Waals surface area contributed by atoms with Crippen molar-refractivity contribution in [1.82, 2.24) is 15.4 Å². The minimum Gasteiger partial charge on any atom is -0.497 e. The van der Waals surface area contributed by atoms with Crippen LogP contribution in [0.3, 0.4) is 0 Å². The molecule has 1 heterocycles. The fraction of sp³-hybridized carbons (Fsp3) is 0.393. The Morgan fingerprint density at radius 3 is 2.34 bits per heavy atom. The summed E-state index contributed by atoms with van der Waals surface area (Å²) in [7, 11) is 1.61. The van der Waals surface area contributed by atoms with E-state index in [9.17, 15) is 9.59 Å². The van der Waals surface area contributed by atoms with Crippen LogP contribution in [-0.2, 0) is 18.5 Å². The standard InChI is InChI=1S/C28H35N3O4/c1-6-7-16-31(27(33)21-10-12-22(13-11-21)28(2,3)4)19-24-17-25(30-35-24)26(32)29-18-20-8-14-23(34-5)15-9-20/h8-15,17H,6-7,16,18-19H2,1-5H3,(H,29,32). The number of carbonyl (C=O) groups is 2. The molecule has 0 saturated carbocycles. The molecule has 3 aromatic rings. The van der Waals surface area contributed by atoms with Crippen LogP contribution >= 0.6 is 0 Å². The molecule has 2 amide bonds. The summed E-state index contributed by atoms with van der Waals surface area (Å²) in [5.74, 6) is 0.824. The van der Waals surface area contributed by atoms with Gasteiger partial charge in [0.2, 0.25) is 0 Å². The zero-order valence-electron chi connectivity index (χ0n) is 21.3. The zero-order valence-corrected chi connectivity index (χ0v) is 21.3. The Kier molecular flexibility index (Phi) is 8.68. The predicted molar refractivity (Wildman–Crippen MR) is 135 cm³/mol. The molecular formula is C28H35N3O4. The first-order valence-corrected chi connectivity index (χ1v) is 12.0. The van der Waals surface area contributed by atoms with Crippen LogP contribution in [0.4, 0.5) is 0 Å². The van der Waals surface area contributed by atoms with Crippen molar-refractivity contribution in [2.24, 2.45) is 0 Å². The summed E-state index contributed by atoms with van der Waals surface area (Å²) in [6.45, 7) is 9.72. The van der Waals surface area contributed by atoms with Gasteiger partial charge in [-0.25, -0.2) is 0 Å². The summed E-state index contributed by atoms with van der Waals surface area (Å²) in [6.07, 6.45) is 1.83. The third-order valence-corrected chi connectivity index (χ3v) is 5.82. The van der Waals surface area contributed by atoms with Crippen molar-refractivity contribution in [2.45, 2.75) is 59.0 Å². The van der Waals surface area contributed by atoms with Gasteiger partial charge >= 0.3 is 0 Å². The highest BCUT2D eigenvalue weighted by atomic mass is 16.5.